The van der Waals surface area contributed by atoms with Crippen molar-refractivity contribution in [3.05, 3.63) is 24.0 Å². The number of hydrogen-bond donors (Lipinski definition) is 2. The van der Waals surface area contributed by atoms with E-state index in [0.29, 0.717) is 23.2 Å². The first-order chi connectivity index (χ1) is 13.4. The SMILES string of the molecule is CC(=O)NC[C@H]1CN(c2ccc(N3CC4CC(=NO)CC4C3)c(F)c2)C(=O)O1. The summed E-state index contributed by atoms with van der Waals surface area (Å²) < 4.78 is 20.0. The number of rotatable bonds is 4. The molecule has 1 aromatic rings. The van der Waals surface area contributed by atoms with Crippen molar-refractivity contribution in [2.45, 2.75) is 25.9 Å². The third-order valence-electron chi connectivity index (χ3n) is 5.75. The van der Waals surface area contributed by atoms with Crippen LogP contribution in [0.3, 0.4) is 0 Å². The summed E-state index contributed by atoms with van der Waals surface area (Å²) in [5, 5.41) is 14.9. The molecule has 150 valence electrons. The predicted octanol–water partition coefficient (Wildman–Crippen LogP) is 1.96. The van der Waals surface area contributed by atoms with Gasteiger partial charge in [0.2, 0.25) is 5.91 Å². The van der Waals surface area contributed by atoms with Crippen LogP contribution in [-0.4, -0.2) is 55.2 Å². The maximum Gasteiger partial charge on any atom is 0.414 e. The second-order valence-corrected chi connectivity index (χ2v) is 7.69. The molecule has 2 amide bonds. The zero-order valence-electron chi connectivity index (χ0n) is 15.6. The molecule has 28 heavy (non-hydrogen) atoms. The Bertz CT molecular complexity index is 814. The largest absolute Gasteiger partial charge is 0.442 e. The van der Waals surface area contributed by atoms with Crippen LogP contribution in [0.4, 0.5) is 20.6 Å². The summed E-state index contributed by atoms with van der Waals surface area (Å²) in [4.78, 5) is 26.5. The maximum atomic E-state index is 14.8. The van der Waals surface area contributed by atoms with Crippen molar-refractivity contribution in [3.8, 4) is 0 Å². The van der Waals surface area contributed by atoms with Crippen molar-refractivity contribution in [3.63, 3.8) is 0 Å². The third-order valence-corrected chi connectivity index (χ3v) is 5.75. The highest BCUT2D eigenvalue weighted by molar-refractivity contribution is 5.90. The van der Waals surface area contributed by atoms with E-state index in [1.54, 1.807) is 12.1 Å². The van der Waals surface area contributed by atoms with Crippen molar-refractivity contribution < 1.29 is 23.9 Å². The van der Waals surface area contributed by atoms with Gasteiger partial charge < -0.3 is 20.2 Å². The second kappa shape index (κ2) is 7.29. The summed E-state index contributed by atoms with van der Waals surface area (Å²) in [6.07, 6.45) is 0.507. The van der Waals surface area contributed by atoms with Gasteiger partial charge in [-0.05, 0) is 42.9 Å². The molecule has 0 spiro atoms. The minimum Gasteiger partial charge on any atom is -0.442 e. The van der Waals surface area contributed by atoms with Crippen LogP contribution < -0.4 is 15.1 Å². The number of ether oxygens (including phenoxy) is 1. The number of oxime groups is 1. The normalized spacial score (nSPS) is 26.4. The Morgan fingerprint density at radius 1 is 1.32 bits per heavy atom. The highest BCUT2D eigenvalue weighted by Crippen LogP contribution is 2.39. The van der Waals surface area contributed by atoms with Crippen molar-refractivity contribution in [2.24, 2.45) is 17.0 Å². The number of fused-ring (bicyclic) bond motifs is 1. The predicted molar refractivity (Wildman–Crippen MR) is 100 cm³/mol. The number of carbonyl (C=O) groups is 2. The molecule has 3 fully saturated rings. The second-order valence-electron chi connectivity index (χ2n) is 7.69. The number of nitrogens with zero attached hydrogens (tertiary/aromatic N) is 3. The zero-order chi connectivity index (χ0) is 19.8. The average Bonchev–Trinajstić information content (AvgIpc) is 3.32. The van der Waals surface area contributed by atoms with Gasteiger partial charge in [0.1, 0.15) is 11.9 Å². The van der Waals surface area contributed by atoms with Crippen molar-refractivity contribution in [2.75, 3.05) is 36.0 Å². The average molecular weight is 390 g/mol. The Morgan fingerprint density at radius 2 is 2.04 bits per heavy atom. The first-order valence-electron chi connectivity index (χ1n) is 9.41. The van der Waals surface area contributed by atoms with E-state index in [1.807, 2.05) is 4.90 Å². The van der Waals surface area contributed by atoms with Crippen molar-refractivity contribution in [1.82, 2.24) is 5.32 Å². The van der Waals surface area contributed by atoms with E-state index in [9.17, 15) is 14.0 Å². The quantitative estimate of drug-likeness (QED) is 0.605. The highest BCUT2D eigenvalue weighted by atomic mass is 19.1. The molecule has 9 heteroatoms. The van der Waals surface area contributed by atoms with Gasteiger partial charge in [-0.15, -0.1) is 0 Å². The van der Waals surface area contributed by atoms with Gasteiger partial charge in [0.05, 0.1) is 30.2 Å². The van der Waals surface area contributed by atoms with Gasteiger partial charge in [0.15, 0.2) is 0 Å². The molecule has 1 aliphatic carbocycles. The van der Waals surface area contributed by atoms with Gasteiger partial charge in [-0.1, -0.05) is 5.16 Å². The topological polar surface area (TPSA) is 94.5 Å². The number of benzene rings is 1. The summed E-state index contributed by atoms with van der Waals surface area (Å²) in [7, 11) is 0. The fourth-order valence-corrected chi connectivity index (χ4v) is 4.38. The number of cyclic esters (lactones) is 1. The van der Waals surface area contributed by atoms with E-state index < -0.39 is 12.2 Å². The highest BCUT2D eigenvalue weighted by Gasteiger charge is 2.40. The van der Waals surface area contributed by atoms with Crippen LogP contribution in [0.25, 0.3) is 0 Å². The van der Waals surface area contributed by atoms with E-state index in [0.717, 1.165) is 31.6 Å². The van der Waals surface area contributed by atoms with Gasteiger partial charge in [-0.25, -0.2) is 9.18 Å². The fourth-order valence-electron chi connectivity index (χ4n) is 4.38. The monoisotopic (exact) mass is 390 g/mol. The molecule has 3 aliphatic rings. The molecule has 4 rings (SSSR count). The van der Waals surface area contributed by atoms with Crippen LogP contribution in [0.5, 0.6) is 0 Å². The lowest BCUT2D eigenvalue weighted by molar-refractivity contribution is -0.119. The number of anilines is 2. The molecule has 2 heterocycles. The first-order valence-corrected chi connectivity index (χ1v) is 9.41. The van der Waals surface area contributed by atoms with Gasteiger partial charge >= 0.3 is 6.09 Å². The van der Waals surface area contributed by atoms with E-state index in [2.05, 4.69) is 10.5 Å². The molecular weight excluding hydrogens is 367 g/mol. The number of halogens is 1. The Hall–Kier alpha value is -2.84. The smallest absolute Gasteiger partial charge is 0.414 e. The number of amides is 2. The molecule has 8 nitrogen and oxygen atoms in total. The van der Waals surface area contributed by atoms with E-state index in [1.165, 1.54) is 17.9 Å². The van der Waals surface area contributed by atoms with E-state index in [-0.39, 0.29) is 24.8 Å². The van der Waals surface area contributed by atoms with Gasteiger partial charge in [-0.2, -0.15) is 0 Å². The molecule has 2 saturated heterocycles. The molecule has 3 atom stereocenters. The molecule has 2 aliphatic heterocycles. The number of hydrogen-bond acceptors (Lipinski definition) is 6. The van der Waals surface area contributed by atoms with Crippen LogP contribution in [-0.2, 0) is 9.53 Å². The molecule has 0 radical (unpaired) electrons. The van der Waals surface area contributed by atoms with E-state index in [4.69, 9.17) is 9.94 Å². The molecule has 2 N–H and O–H groups in total. The van der Waals surface area contributed by atoms with Crippen molar-refractivity contribution in [1.29, 1.82) is 0 Å². The number of carbonyl (C=O) groups excluding carboxylic acids is 2. The Morgan fingerprint density at radius 3 is 2.64 bits per heavy atom. The minimum atomic E-state index is -0.547. The lowest BCUT2D eigenvalue weighted by atomic mass is 10.0. The molecule has 1 aromatic carbocycles. The lowest BCUT2D eigenvalue weighted by Crippen LogP contribution is -2.33. The summed E-state index contributed by atoms with van der Waals surface area (Å²) >= 11 is 0. The van der Waals surface area contributed by atoms with Crippen LogP contribution in [0.2, 0.25) is 0 Å². The van der Waals surface area contributed by atoms with Gasteiger partial charge in [0, 0.05) is 20.0 Å². The first kappa shape index (κ1) is 18.5. The van der Waals surface area contributed by atoms with Crippen LogP contribution in [0.15, 0.2) is 23.4 Å². The lowest BCUT2D eigenvalue weighted by Gasteiger charge is -2.22. The van der Waals surface area contributed by atoms with Crippen molar-refractivity contribution >= 4 is 29.1 Å². The molecular formula is C19H23FN4O4. The summed E-state index contributed by atoms with van der Waals surface area (Å²) in [6.45, 7) is 3.34. The Kier molecular flexibility index (Phi) is 4.82. The summed E-state index contributed by atoms with van der Waals surface area (Å²) in [5.41, 5.74) is 1.78. The molecule has 1 saturated carbocycles. The standard InChI is InChI=1S/C19H23FN4O4/c1-11(25)21-7-16-10-24(19(26)28-16)15-2-3-18(17(20)6-15)23-8-12-4-14(22-27)5-13(12)9-23/h2-3,6,12-13,16,27H,4-5,7-10H2,1H3,(H,21,25)/t12?,13?,16-/m0/s1. The molecule has 0 aromatic heterocycles. The zero-order valence-corrected chi connectivity index (χ0v) is 15.6. The van der Waals surface area contributed by atoms with Crippen LogP contribution in [0, 0.1) is 17.7 Å². The van der Waals surface area contributed by atoms with E-state index >= 15 is 0 Å². The maximum absolute atomic E-state index is 14.8. The van der Waals surface area contributed by atoms with Crippen LogP contribution >= 0.6 is 0 Å². The third kappa shape index (κ3) is 3.48. The summed E-state index contributed by atoms with van der Waals surface area (Å²) in [5.74, 6) is 0.186. The minimum absolute atomic E-state index is 0.197. The van der Waals surface area contributed by atoms with Gasteiger partial charge in [-0.3, -0.25) is 9.69 Å². The Balaban J connectivity index is 1.43. The summed E-state index contributed by atoms with van der Waals surface area (Å²) in [6, 6.07) is 4.77. The van der Waals surface area contributed by atoms with Gasteiger partial charge in [0.25, 0.3) is 0 Å². The molecule has 0 bridgehead atoms. The fraction of sp³-hybridized carbons (Fsp3) is 0.526. The van der Waals surface area contributed by atoms with Crippen LogP contribution in [0.1, 0.15) is 19.8 Å². The Labute approximate surface area is 161 Å². The number of nitrogens with one attached hydrogen (secondary N) is 1. The molecule has 2 unspecified atom stereocenters.